The highest BCUT2D eigenvalue weighted by Crippen LogP contribution is 2.26. The molecule has 0 radical (unpaired) electrons. The molecule has 0 heterocycles. The molecule has 0 aliphatic carbocycles. The maximum absolute atomic E-state index is 7.56. The van der Waals surface area contributed by atoms with Crippen LogP contribution in [-0.2, 0) is 11.8 Å². The van der Waals surface area contributed by atoms with E-state index >= 15 is 0 Å². The van der Waals surface area contributed by atoms with Gasteiger partial charge in [0, 0.05) is 0 Å². The summed E-state index contributed by atoms with van der Waals surface area (Å²) >= 11 is 3.60. The van der Waals surface area contributed by atoms with E-state index in [1.807, 2.05) is 0 Å². The molecular formula is C8H22NO3PS. The van der Waals surface area contributed by atoms with E-state index in [-0.39, 0.29) is 0 Å². The second-order valence-electron chi connectivity index (χ2n) is 3.96. The molecule has 0 aliphatic rings. The summed E-state index contributed by atoms with van der Waals surface area (Å²) < 4.78 is 0. The van der Waals surface area contributed by atoms with Crippen molar-refractivity contribution in [1.82, 2.24) is 5.32 Å². The number of rotatable bonds is 4. The van der Waals surface area contributed by atoms with Gasteiger partial charge in [-0.05, 0) is 36.7 Å². The third-order valence-electron chi connectivity index (χ3n) is 1.11. The first-order valence-electron chi connectivity index (χ1n) is 4.62. The SMILES string of the molecule is CC(C)CNCC(C)C.OP(O)(O)=S. The van der Waals surface area contributed by atoms with Gasteiger partial charge < -0.3 is 20.0 Å². The molecule has 0 aromatic rings. The molecule has 0 saturated heterocycles. The van der Waals surface area contributed by atoms with E-state index in [0.717, 1.165) is 24.9 Å². The largest absolute Gasteiger partial charge is 0.325 e. The number of nitrogens with one attached hydrogen (secondary N) is 1. The molecule has 0 bridgehead atoms. The third-order valence-corrected chi connectivity index (χ3v) is 1.11. The molecular weight excluding hydrogens is 221 g/mol. The maximum Gasteiger partial charge on any atom is 0.319 e. The Morgan fingerprint density at radius 1 is 1.00 bits per heavy atom. The van der Waals surface area contributed by atoms with Crippen LogP contribution in [0.3, 0.4) is 0 Å². The van der Waals surface area contributed by atoms with Gasteiger partial charge in [0.05, 0.1) is 0 Å². The van der Waals surface area contributed by atoms with Gasteiger partial charge in [0.1, 0.15) is 0 Å². The molecule has 0 spiro atoms. The molecule has 0 aromatic heterocycles. The van der Waals surface area contributed by atoms with Crippen LogP contribution in [0.2, 0.25) is 0 Å². The van der Waals surface area contributed by atoms with Crippen molar-refractivity contribution in [1.29, 1.82) is 0 Å². The molecule has 6 heteroatoms. The molecule has 0 saturated carbocycles. The van der Waals surface area contributed by atoms with Crippen molar-refractivity contribution in [2.45, 2.75) is 27.7 Å². The average Bonchev–Trinajstić information content (AvgIpc) is 1.80. The summed E-state index contributed by atoms with van der Waals surface area (Å²) in [5.41, 5.74) is 0. The molecule has 0 aliphatic heterocycles. The Kier molecular flexibility index (Phi) is 10.6. The van der Waals surface area contributed by atoms with E-state index in [9.17, 15) is 0 Å². The standard InChI is InChI=1S/C8H19N.H3O3PS/c1-7(2)5-9-6-8(3)4;1-4(2,3)5/h7-9H,5-6H2,1-4H3;(H3,1,2,3,5). The van der Waals surface area contributed by atoms with Crippen LogP contribution in [0, 0.1) is 11.8 Å². The van der Waals surface area contributed by atoms with Crippen LogP contribution < -0.4 is 5.32 Å². The van der Waals surface area contributed by atoms with Crippen molar-refractivity contribution in [2.24, 2.45) is 11.8 Å². The molecule has 0 amide bonds. The lowest BCUT2D eigenvalue weighted by Crippen LogP contribution is -2.23. The van der Waals surface area contributed by atoms with Crippen LogP contribution in [0.4, 0.5) is 0 Å². The van der Waals surface area contributed by atoms with Crippen molar-refractivity contribution in [3.8, 4) is 0 Å². The molecule has 4 N–H and O–H groups in total. The van der Waals surface area contributed by atoms with Crippen LogP contribution in [0.1, 0.15) is 27.7 Å². The quantitative estimate of drug-likeness (QED) is 0.556. The highest BCUT2D eigenvalue weighted by molar-refractivity contribution is 8.06. The highest BCUT2D eigenvalue weighted by Gasteiger charge is 1.94. The van der Waals surface area contributed by atoms with E-state index in [1.165, 1.54) is 0 Å². The van der Waals surface area contributed by atoms with Gasteiger partial charge in [0.2, 0.25) is 0 Å². The molecule has 0 fully saturated rings. The summed E-state index contributed by atoms with van der Waals surface area (Å²) in [5.74, 6) is 1.56. The van der Waals surface area contributed by atoms with Crippen molar-refractivity contribution < 1.29 is 14.7 Å². The van der Waals surface area contributed by atoms with Gasteiger partial charge in [0.25, 0.3) is 0 Å². The summed E-state index contributed by atoms with van der Waals surface area (Å²) in [6.45, 7) is 7.41. The molecule has 0 atom stereocenters. The maximum atomic E-state index is 7.56. The minimum absolute atomic E-state index is 0.781. The predicted molar refractivity (Wildman–Crippen MR) is 63.5 cm³/mol. The Morgan fingerprint density at radius 2 is 1.21 bits per heavy atom. The zero-order valence-electron chi connectivity index (χ0n) is 9.27. The Labute approximate surface area is 91.6 Å². The van der Waals surface area contributed by atoms with Gasteiger partial charge in [-0.1, -0.05) is 27.7 Å². The first kappa shape index (κ1) is 16.9. The van der Waals surface area contributed by atoms with Crippen LogP contribution in [0.5, 0.6) is 0 Å². The Balaban J connectivity index is 0. The zero-order chi connectivity index (χ0) is 11.8. The lowest BCUT2D eigenvalue weighted by molar-refractivity contribution is 0.363. The van der Waals surface area contributed by atoms with E-state index in [1.54, 1.807) is 0 Å². The van der Waals surface area contributed by atoms with Crippen LogP contribution in [0.15, 0.2) is 0 Å². The molecule has 0 unspecified atom stereocenters. The summed E-state index contributed by atoms with van der Waals surface area (Å²) in [6, 6.07) is 0. The van der Waals surface area contributed by atoms with Gasteiger partial charge in [0.15, 0.2) is 0 Å². The van der Waals surface area contributed by atoms with Gasteiger partial charge in [-0.2, -0.15) is 0 Å². The van der Waals surface area contributed by atoms with Crippen molar-refractivity contribution in [2.75, 3.05) is 13.1 Å². The minimum atomic E-state index is -3.81. The average molecular weight is 243 g/mol. The van der Waals surface area contributed by atoms with Crippen molar-refractivity contribution in [3.05, 3.63) is 0 Å². The van der Waals surface area contributed by atoms with Crippen molar-refractivity contribution in [3.63, 3.8) is 0 Å². The van der Waals surface area contributed by atoms with E-state index in [4.69, 9.17) is 14.7 Å². The van der Waals surface area contributed by atoms with Gasteiger partial charge in [-0.25, -0.2) is 0 Å². The first-order chi connectivity index (χ1) is 6.13. The topological polar surface area (TPSA) is 72.7 Å². The summed E-state index contributed by atoms with van der Waals surface area (Å²) in [5, 5.41) is 3.38. The fourth-order valence-corrected chi connectivity index (χ4v) is 0.661. The Morgan fingerprint density at radius 3 is 1.36 bits per heavy atom. The van der Waals surface area contributed by atoms with Gasteiger partial charge in [-0.3, -0.25) is 0 Å². The second kappa shape index (κ2) is 8.77. The summed E-state index contributed by atoms with van der Waals surface area (Å²) in [4.78, 5) is 22.7. The predicted octanol–water partition coefficient (Wildman–Crippen LogP) is 1.08. The normalized spacial score (nSPS) is 11.5. The Bertz CT molecular complexity index is 154. The molecule has 4 nitrogen and oxygen atoms in total. The lowest BCUT2D eigenvalue weighted by Gasteiger charge is -2.08. The molecule has 14 heavy (non-hydrogen) atoms. The zero-order valence-corrected chi connectivity index (χ0v) is 11.0. The third kappa shape index (κ3) is 39.1. The van der Waals surface area contributed by atoms with E-state index in [0.29, 0.717) is 0 Å². The van der Waals surface area contributed by atoms with E-state index in [2.05, 4.69) is 44.8 Å². The first-order valence-corrected chi connectivity index (χ1v) is 7.28. The number of hydrogen-bond donors (Lipinski definition) is 4. The fourth-order valence-electron chi connectivity index (χ4n) is 0.661. The molecule has 0 aromatic carbocycles. The van der Waals surface area contributed by atoms with Crippen molar-refractivity contribution >= 4 is 18.5 Å². The number of hydrogen-bond acceptors (Lipinski definition) is 2. The Hall–Kier alpha value is 0.490. The smallest absolute Gasteiger partial charge is 0.319 e. The van der Waals surface area contributed by atoms with Crippen LogP contribution in [-0.4, -0.2) is 27.8 Å². The molecule has 0 rings (SSSR count). The van der Waals surface area contributed by atoms with Crippen LogP contribution in [0.25, 0.3) is 0 Å². The summed E-state index contributed by atoms with van der Waals surface area (Å²) in [7, 11) is 0. The lowest BCUT2D eigenvalue weighted by atomic mass is 10.2. The van der Waals surface area contributed by atoms with Gasteiger partial charge in [-0.15, -0.1) is 0 Å². The second-order valence-corrected chi connectivity index (χ2v) is 6.46. The van der Waals surface area contributed by atoms with E-state index < -0.39 is 6.72 Å². The monoisotopic (exact) mass is 243 g/mol. The summed E-state index contributed by atoms with van der Waals surface area (Å²) in [6.07, 6.45) is 0. The van der Waals surface area contributed by atoms with Gasteiger partial charge >= 0.3 is 6.72 Å². The highest BCUT2D eigenvalue weighted by atomic mass is 32.5. The van der Waals surface area contributed by atoms with Crippen LogP contribution >= 0.6 is 6.72 Å². The fraction of sp³-hybridized carbons (Fsp3) is 1.00. The molecule has 88 valence electrons. The minimum Gasteiger partial charge on any atom is -0.325 e.